The molecule has 0 aliphatic heterocycles. The van der Waals surface area contributed by atoms with Crippen LogP contribution in [0.4, 0.5) is 0 Å². The van der Waals surface area contributed by atoms with E-state index in [0.29, 0.717) is 58.8 Å². The Hall–Kier alpha value is -3.96. The van der Waals surface area contributed by atoms with E-state index in [1.165, 1.54) is 36.5 Å². The van der Waals surface area contributed by atoms with E-state index in [-0.39, 0.29) is 36.1 Å². The minimum absolute atomic E-state index is 0.00222. The van der Waals surface area contributed by atoms with Gasteiger partial charge in [0.1, 0.15) is 5.78 Å². The van der Waals surface area contributed by atoms with E-state index in [9.17, 15) is 19.2 Å². The van der Waals surface area contributed by atoms with Crippen molar-refractivity contribution in [2.45, 2.75) is 46.5 Å². The van der Waals surface area contributed by atoms with Gasteiger partial charge in [-0.2, -0.15) is 0 Å². The summed E-state index contributed by atoms with van der Waals surface area (Å²) in [5.74, 6) is -0.0358. The van der Waals surface area contributed by atoms with Crippen molar-refractivity contribution in [3.05, 3.63) is 46.2 Å². The monoisotopic (exact) mass is 640 g/mol. The first-order chi connectivity index (χ1) is 21.0. The maximum absolute atomic E-state index is 12.7. The Kier molecular flexibility index (Phi) is 11.0. The number of hydrogen-bond donors (Lipinski definition) is 1. The van der Waals surface area contributed by atoms with E-state index in [4.69, 9.17) is 24.1 Å². The zero-order chi connectivity index (χ0) is 32.0. The number of rotatable bonds is 17. The molecule has 0 spiro atoms. The van der Waals surface area contributed by atoms with Crippen molar-refractivity contribution < 1.29 is 43.2 Å². The van der Waals surface area contributed by atoms with Crippen LogP contribution in [0, 0.1) is 11.8 Å². The minimum Gasteiger partial charge on any atom is -0.493 e. The molecular weight excluding hydrogens is 604 g/mol. The third-order valence-electron chi connectivity index (χ3n) is 7.31. The number of ether oxygens (including phenoxy) is 4. The molecule has 0 bridgehead atoms. The van der Waals surface area contributed by atoms with Crippen molar-refractivity contribution in [3.8, 4) is 23.0 Å². The van der Waals surface area contributed by atoms with Gasteiger partial charge in [-0.15, -0.1) is 22.7 Å². The maximum Gasteiger partial charge on any atom is 0.306 e. The molecule has 2 heterocycles. The van der Waals surface area contributed by atoms with Crippen LogP contribution in [0.5, 0.6) is 23.0 Å². The number of ketones is 3. The van der Waals surface area contributed by atoms with Crippen LogP contribution in [0.2, 0.25) is 0 Å². The van der Waals surface area contributed by atoms with E-state index < -0.39 is 11.9 Å². The lowest BCUT2D eigenvalue weighted by Crippen LogP contribution is -2.13. The highest BCUT2D eigenvalue weighted by Gasteiger charge is 2.20. The summed E-state index contributed by atoms with van der Waals surface area (Å²) in [6.07, 6.45) is 1.55. The third-order valence-corrected chi connectivity index (χ3v) is 9.59. The molecule has 2 atom stereocenters. The molecule has 44 heavy (non-hydrogen) atoms. The quantitative estimate of drug-likeness (QED) is 0.0924. The molecule has 0 aliphatic rings. The Morgan fingerprint density at radius 3 is 1.50 bits per heavy atom. The summed E-state index contributed by atoms with van der Waals surface area (Å²) in [5.41, 5.74) is 0. The average Bonchev–Trinajstić information content (AvgIpc) is 3.61. The van der Waals surface area contributed by atoms with Gasteiger partial charge >= 0.3 is 5.97 Å². The molecule has 1 N–H and O–H groups in total. The van der Waals surface area contributed by atoms with Crippen LogP contribution in [0.25, 0.3) is 20.2 Å². The fraction of sp³-hybridized carbons (Fsp3) is 0.394. The van der Waals surface area contributed by atoms with E-state index in [2.05, 4.69) is 0 Å². The molecular formula is C33H36O9S2. The van der Waals surface area contributed by atoms with Gasteiger partial charge in [0.15, 0.2) is 34.6 Å². The second-order valence-corrected chi connectivity index (χ2v) is 12.9. The number of thiophene rings is 2. The summed E-state index contributed by atoms with van der Waals surface area (Å²) >= 11 is 2.69. The Morgan fingerprint density at radius 2 is 1.11 bits per heavy atom. The molecule has 0 unspecified atom stereocenters. The second kappa shape index (κ2) is 14.7. The fourth-order valence-corrected chi connectivity index (χ4v) is 6.51. The van der Waals surface area contributed by atoms with Crippen LogP contribution in [-0.2, 0) is 9.59 Å². The molecule has 0 saturated heterocycles. The van der Waals surface area contributed by atoms with Crippen molar-refractivity contribution in [2.24, 2.45) is 11.8 Å². The standard InChI is InChI=1S/C33H36O9S2/c1-18(20(3)34)10-23(35)31-14-21-12-27(25(39-4)16-29(21)43-31)41-8-6-7-9-42-28-13-22-15-32(24(36)11-19(2)33(37)38)44-30(22)17-26(28)40-5/h12-19H,6-11H2,1-5H3,(H,37,38)/t18-,19-/m0/s1. The van der Waals surface area contributed by atoms with Gasteiger partial charge in [-0.25, -0.2) is 0 Å². The summed E-state index contributed by atoms with van der Waals surface area (Å²) < 4.78 is 24.8. The summed E-state index contributed by atoms with van der Waals surface area (Å²) in [4.78, 5) is 49.1. The average molecular weight is 641 g/mol. The maximum atomic E-state index is 12.7. The van der Waals surface area contributed by atoms with Crippen LogP contribution in [0.15, 0.2) is 36.4 Å². The second-order valence-electron chi connectivity index (χ2n) is 10.7. The number of fused-ring (bicyclic) bond motifs is 2. The van der Waals surface area contributed by atoms with Gasteiger partial charge in [-0.1, -0.05) is 13.8 Å². The number of Topliss-reactive ketones (excluding diaryl/α,β-unsaturated/α-hetero) is 3. The summed E-state index contributed by atoms with van der Waals surface area (Å²) in [5, 5.41) is 10.8. The van der Waals surface area contributed by atoms with Crippen LogP contribution in [0.3, 0.4) is 0 Å². The number of carboxylic acid groups (broad SMARTS) is 1. The molecule has 0 aliphatic carbocycles. The Balaban J connectivity index is 1.33. The highest BCUT2D eigenvalue weighted by atomic mass is 32.1. The van der Waals surface area contributed by atoms with Gasteiger partial charge in [-0.3, -0.25) is 19.2 Å². The topological polar surface area (TPSA) is 125 Å². The zero-order valence-electron chi connectivity index (χ0n) is 25.4. The number of carboxylic acids is 1. The smallest absolute Gasteiger partial charge is 0.306 e. The lowest BCUT2D eigenvalue weighted by atomic mass is 10.0. The number of hydrogen-bond acceptors (Lipinski definition) is 10. The molecule has 4 aromatic rings. The van der Waals surface area contributed by atoms with Crippen molar-refractivity contribution in [1.29, 1.82) is 0 Å². The van der Waals surface area contributed by atoms with Crippen molar-refractivity contribution in [1.82, 2.24) is 0 Å². The Labute approximate surface area is 263 Å². The summed E-state index contributed by atoms with van der Waals surface area (Å²) in [7, 11) is 3.13. The molecule has 4 rings (SSSR count). The zero-order valence-corrected chi connectivity index (χ0v) is 27.0. The predicted molar refractivity (Wildman–Crippen MR) is 172 cm³/mol. The van der Waals surface area contributed by atoms with E-state index in [0.717, 1.165) is 20.2 Å². The van der Waals surface area contributed by atoms with Gasteiger partial charge < -0.3 is 24.1 Å². The van der Waals surface area contributed by atoms with E-state index in [1.807, 2.05) is 30.3 Å². The number of carbonyl (C=O) groups is 4. The normalized spacial score (nSPS) is 12.6. The van der Waals surface area contributed by atoms with Crippen LogP contribution in [0.1, 0.15) is 65.8 Å². The van der Waals surface area contributed by atoms with E-state index >= 15 is 0 Å². The van der Waals surface area contributed by atoms with Crippen molar-refractivity contribution >= 4 is 66.2 Å². The van der Waals surface area contributed by atoms with Crippen LogP contribution >= 0.6 is 22.7 Å². The molecule has 0 radical (unpaired) electrons. The predicted octanol–water partition coefficient (Wildman–Crippen LogP) is 7.46. The van der Waals surface area contributed by atoms with Crippen LogP contribution in [-0.4, -0.2) is 55.9 Å². The molecule has 0 saturated carbocycles. The first-order valence-electron chi connectivity index (χ1n) is 14.3. The van der Waals surface area contributed by atoms with Gasteiger partial charge in [0.2, 0.25) is 0 Å². The highest BCUT2D eigenvalue weighted by molar-refractivity contribution is 7.21. The number of unbranched alkanes of at least 4 members (excludes halogenated alkanes) is 1. The largest absolute Gasteiger partial charge is 0.493 e. The number of carbonyl (C=O) groups excluding carboxylic acids is 3. The van der Waals surface area contributed by atoms with Gasteiger partial charge in [0, 0.05) is 40.3 Å². The molecule has 0 fully saturated rings. The van der Waals surface area contributed by atoms with E-state index in [1.54, 1.807) is 27.2 Å². The molecule has 0 amide bonds. The highest BCUT2D eigenvalue weighted by Crippen LogP contribution is 2.38. The third kappa shape index (κ3) is 7.95. The number of methoxy groups -OCH3 is 2. The first kappa shape index (κ1) is 32.9. The molecule has 2 aromatic heterocycles. The number of aliphatic carboxylic acids is 1. The summed E-state index contributed by atoms with van der Waals surface area (Å²) in [6.45, 7) is 5.63. The Morgan fingerprint density at radius 1 is 0.682 bits per heavy atom. The fourth-order valence-electron chi connectivity index (χ4n) is 4.47. The SMILES string of the molecule is COc1cc2sc(C(=O)C[C@H](C)C(C)=O)cc2cc1OCCCCOc1cc2cc(C(=O)C[C@H](C)C(=O)O)sc2cc1OC. The number of benzene rings is 2. The lowest BCUT2D eigenvalue weighted by molar-refractivity contribution is -0.141. The van der Waals surface area contributed by atoms with Gasteiger partial charge in [0.05, 0.1) is 43.1 Å². The molecule has 9 nitrogen and oxygen atoms in total. The first-order valence-corrected chi connectivity index (χ1v) is 15.9. The lowest BCUT2D eigenvalue weighted by Gasteiger charge is -2.12. The summed E-state index contributed by atoms with van der Waals surface area (Å²) in [6, 6.07) is 11.0. The van der Waals surface area contributed by atoms with Crippen LogP contribution < -0.4 is 18.9 Å². The van der Waals surface area contributed by atoms with Crippen molar-refractivity contribution in [2.75, 3.05) is 27.4 Å². The molecule has 11 heteroatoms. The Bertz CT molecular complexity index is 1560. The van der Waals surface area contributed by atoms with Gasteiger partial charge in [-0.05, 0) is 54.8 Å². The molecule has 234 valence electrons. The minimum atomic E-state index is -0.996. The van der Waals surface area contributed by atoms with Gasteiger partial charge in [0.25, 0.3) is 0 Å². The van der Waals surface area contributed by atoms with Crippen molar-refractivity contribution in [3.63, 3.8) is 0 Å². The molecule has 2 aromatic carbocycles.